The number of aryl methyl sites for hydroxylation is 2. The number of para-hydroxylation sites is 1. The Morgan fingerprint density at radius 3 is 2.78 bits per heavy atom. The molecule has 1 aliphatic rings. The molecule has 27 heavy (non-hydrogen) atoms. The van der Waals surface area contributed by atoms with Crippen molar-refractivity contribution in [3.8, 4) is 0 Å². The Kier molecular flexibility index (Phi) is 5.30. The maximum Gasteiger partial charge on any atom is 0.166 e. The Bertz CT molecular complexity index is 969. The summed E-state index contributed by atoms with van der Waals surface area (Å²) in [7, 11) is 0. The van der Waals surface area contributed by atoms with Gasteiger partial charge in [0.05, 0.1) is 5.52 Å². The lowest BCUT2D eigenvalue weighted by Crippen LogP contribution is -2.43. The lowest BCUT2D eigenvalue weighted by Gasteiger charge is -2.24. The number of pyridine rings is 1. The van der Waals surface area contributed by atoms with E-state index >= 15 is 0 Å². The molecule has 2 heterocycles. The number of hydrogen-bond acceptors (Lipinski definition) is 2. The molecule has 0 aliphatic heterocycles. The summed E-state index contributed by atoms with van der Waals surface area (Å²) >= 11 is 5.52. The van der Waals surface area contributed by atoms with E-state index in [9.17, 15) is 0 Å². The number of thiocarbonyl (C=S) groups is 1. The fraction of sp³-hybridized carbons (Fsp3) is 0.455. The summed E-state index contributed by atoms with van der Waals surface area (Å²) in [5.74, 6) is 0. The van der Waals surface area contributed by atoms with Crippen LogP contribution in [0.3, 0.4) is 0 Å². The molecule has 2 aromatic heterocycles. The van der Waals surface area contributed by atoms with Crippen molar-refractivity contribution < 1.29 is 0 Å². The average molecular weight is 381 g/mol. The molecule has 1 fully saturated rings. The van der Waals surface area contributed by atoms with Crippen LogP contribution in [0, 0.1) is 13.8 Å². The lowest BCUT2D eigenvalue weighted by molar-refractivity contribution is 0.412. The summed E-state index contributed by atoms with van der Waals surface area (Å²) in [6.45, 7) is 5.87. The second kappa shape index (κ2) is 7.85. The van der Waals surface area contributed by atoms with E-state index in [0.29, 0.717) is 6.04 Å². The first kappa shape index (κ1) is 18.2. The maximum atomic E-state index is 5.52. The first-order valence-electron chi connectivity index (χ1n) is 10.0. The van der Waals surface area contributed by atoms with Gasteiger partial charge in [0.2, 0.25) is 0 Å². The molecule has 0 radical (unpaired) electrons. The average Bonchev–Trinajstić information content (AvgIpc) is 2.96. The molecule has 0 bridgehead atoms. The van der Waals surface area contributed by atoms with Gasteiger partial charge in [-0.1, -0.05) is 37.5 Å². The molecule has 1 saturated carbocycles. The number of rotatable bonds is 4. The number of nitrogens with zero attached hydrogens (tertiary/aromatic N) is 2. The minimum Gasteiger partial charge on any atom is -0.361 e. The third-order valence-electron chi connectivity index (χ3n) is 5.61. The van der Waals surface area contributed by atoms with E-state index in [4.69, 9.17) is 17.2 Å². The number of nitrogens with one attached hydrogen (secondary N) is 2. The zero-order valence-corrected chi connectivity index (χ0v) is 17.0. The van der Waals surface area contributed by atoms with Gasteiger partial charge < -0.3 is 15.2 Å². The van der Waals surface area contributed by atoms with Crippen molar-refractivity contribution in [3.05, 3.63) is 41.6 Å². The molecule has 5 heteroatoms. The van der Waals surface area contributed by atoms with Crippen LogP contribution in [0.4, 0.5) is 0 Å². The molecule has 0 atom stereocenters. The van der Waals surface area contributed by atoms with Crippen LogP contribution >= 0.6 is 12.2 Å². The molecular weight excluding hydrogens is 352 g/mol. The summed E-state index contributed by atoms with van der Waals surface area (Å²) in [6.07, 6.45) is 6.45. The van der Waals surface area contributed by atoms with Crippen LogP contribution in [-0.4, -0.2) is 27.3 Å². The minimum absolute atomic E-state index is 0.541. The SMILES string of the molecule is Cc1cc(C)c2c3ccccc3n(CCNC(=S)NC3CCCCC3)c2n1. The Morgan fingerprint density at radius 1 is 1.19 bits per heavy atom. The fourth-order valence-electron chi connectivity index (χ4n) is 4.37. The van der Waals surface area contributed by atoms with E-state index in [1.54, 1.807) is 0 Å². The van der Waals surface area contributed by atoms with Crippen LogP contribution in [0.25, 0.3) is 21.9 Å². The van der Waals surface area contributed by atoms with Crippen LogP contribution in [-0.2, 0) is 6.54 Å². The van der Waals surface area contributed by atoms with E-state index in [2.05, 4.69) is 59.4 Å². The quantitative estimate of drug-likeness (QED) is 0.649. The van der Waals surface area contributed by atoms with Gasteiger partial charge in [-0.15, -0.1) is 0 Å². The van der Waals surface area contributed by atoms with E-state index in [1.807, 2.05) is 0 Å². The highest BCUT2D eigenvalue weighted by atomic mass is 32.1. The molecule has 2 N–H and O–H groups in total. The van der Waals surface area contributed by atoms with E-state index in [1.165, 1.54) is 54.0 Å². The van der Waals surface area contributed by atoms with Crippen molar-refractivity contribution >= 4 is 39.3 Å². The molecule has 1 aliphatic carbocycles. The molecule has 0 unspecified atom stereocenters. The van der Waals surface area contributed by atoms with Gasteiger partial charge >= 0.3 is 0 Å². The van der Waals surface area contributed by atoms with Gasteiger partial charge in [0.15, 0.2) is 5.11 Å². The molecular formula is C22H28N4S. The van der Waals surface area contributed by atoms with Crippen molar-refractivity contribution in [2.75, 3.05) is 6.54 Å². The molecule has 1 aromatic carbocycles. The van der Waals surface area contributed by atoms with Crippen LogP contribution in [0.5, 0.6) is 0 Å². The fourth-order valence-corrected chi connectivity index (χ4v) is 4.64. The summed E-state index contributed by atoms with van der Waals surface area (Å²) in [6, 6.07) is 11.3. The predicted octanol–water partition coefficient (Wildman–Crippen LogP) is 4.60. The molecule has 0 spiro atoms. The van der Waals surface area contributed by atoms with Crippen molar-refractivity contribution in [1.82, 2.24) is 20.2 Å². The second-order valence-corrected chi connectivity index (χ2v) is 8.09. The Labute approximate surface area is 166 Å². The van der Waals surface area contributed by atoms with Gasteiger partial charge in [0.25, 0.3) is 0 Å². The van der Waals surface area contributed by atoms with Gasteiger partial charge in [0, 0.05) is 35.6 Å². The normalized spacial score (nSPS) is 15.3. The topological polar surface area (TPSA) is 41.9 Å². The number of fused-ring (bicyclic) bond motifs is 3. The first-order valence-corrected chi connectivity index (χ1v) is 10.4. The summed E-state index contributed by atoms with van der Waals surface area (Å²) < 4.78 is 2.32. The van der Waals surface area contributed by atoms with Gasteiger partial charge in [-0.3, -0.25) is 0 Å². The Morgan fingerprint density at radius 2 is 1.96 bits per heavy atom. The van der Waals surface area contributed by atoms with Gasteiger partial charge in [-0.05, 0) is 56.6 Å². The maximum absolute atomic E-state index is 5.52. The summed E-state index contributed by atoms with van der Waals surface area (Å²) in [4.78, 5) is 4.85. The highest BCUT2D eigenvalue weighted by Gasteiger charge is 2.15. The molecule has 4 nitrogen and oxygen atoms in total. The van der Waals surface area contributed by atoms with Crippen LogP contribution in [0.15, 0.2) is 30.3 Å². The predicted molar refractivity (Wildman–Crippen MR) is 117 cm³/mol. The van der Waals surface area contributed by atoms with Crippen molar-refractivity contribution in [1.29, 1.82) is 0 Å². The number of aromatic nitrogens is 2. The number of hydrogen-bond donors (Lipinski definition) is 2. The zero-order chi connectivity index (χ0) is 18.8. The monoisotopic (exact) mass is 380 g/mol. The molecule has 4 rings (SSSR count). The van der Waals surface area contributed by atoms with Gasteiger partial charge in [0.1, 0.15) is 5.65 Å². The van der Waals surface area contributed by atoms with Crippen molar-refractivity contribution in [2.45, 2.75) is 58.5 Å². The van der Waals surface area contributed by atoms with Crippen LogP contribution in [0.1, 0.15) is 43.4 Å². The van der Waals surface area contributed by atoms with Crippen LogP contribution in [0.2, 0.25) is 0 Å². The Hall–Kier alpha value is -2.14. The largest absolute Gasteiger partial charge is 0.361 e. The van der Waals surface area contributed by atoms with Gasteiger partial charge in [-0.25, -0.2) is 4.98 Å². The van der Waals surface area contributed by atoms with Crippen LogP contribution < -0.4 is 10.6 Å². The summed E-state index contributed by atoms with van der Waals surface area (Å²) in [5.41, 5.74) is 4.66. The van der Waals surface area contributed by atoms with E-state index < -0.39 is 0 Å². The molecule has 0 amide bonds. The van der Waals surface area contributed by atoms with E-state index in [0.717, 1.165) is 29.5 Å². The highest BCUT2D eigenvalue weighted by molar-refractivity contribution is 7.80. The number of benzene rings is 1. The Balaban J connectivity index is 1.52. The molecule has 0 saturated heterocycles. The zero-order valence-electron chi connectivity index (χ0n) is 16.2. The van der Waals surface area contributed by atoms with Gasteiger partial charge in [-0.2, -0.15) is 0 Å². The van der Waals surface area contributed by atoms with Crippen molar-refractivity contribution in [3.63, 3.8) is 0 Å². The smallest absolute Gasteiger partial charge is 0.166 e. The lowest BCUT2D eigenvalue weighted by atomic mass is 9.96. The van der Waals surface area contributed by atoms with Crippen molar-refractivity contribution in [2.24, 2.45) is 0 Å². The second-order valence-electron chi connectivity index (χ2n) is 7.68. The third-order valence-corrected chi connectivity index (χ3v) is 5.87. The standard InChI is InChI=1S/C22H28N4S/c1-15-14-16(2)24-21-20(15)18-10-6-7-11-19(18)26(21)13-12-23-22(27)25-17-8-4-3-5-9-17/h6-7,10-11,14,17H,3-5,8-9,12-13H2,1-2H3,(H2,23,25,27). The minimum atomic E-state index is 0.541. The summed E-state index contributed by atoms with van der Waals surface area (Å²) in [5, 5.41) is 10.2. The third kappa shape index (κ3) is 3.79. The first-order chi connectivity index (χ1) is 13.1. The molecule has 142 valence electrons. The molecule has 3 aromatic rings. The van der Waals surface area contributed by atoms with E-state index in [-0.39, 0.29) is 0 Å². The highest BCUT2D eigenvalue weighted by Crippen LogP contribution is 2.30.